The van der Waals surface area contributed by atoms with E-state index in [9.17, 15) is 67.0 Å². The Kier molecular flexibility index (Phi) is 49.7. The maximum atomic E-state index is 13.2. The van der Waals surface area contributed by atoms with Crippen molar-refractivity contribution in [2.75, 3.05) is 60.1 Å². The van der Waals surface area contributed by atoms with Gasteiger partial charge in [-0.2, -0.15) is 31.6 Å². The van der Waals surface area contributed by atoms with E-state index >= 15 is 0 Å². The summed E-state index contributed by atoms with van der Waals surface area (Å²) in [7, 11) is -1.99. The fourth-order valence-electron chi connectivity index (χ4n) is 11.1. The molecule has 650 valence electrons. The van der Waals surface area contributed by atoms with Crippen LogP contribution in [0.15, 0.2) is 218 Å². The zero-order valence-electron chi connectivity index (χ0n) is 71.0. The number of carboxylic acid groups (broad SMARTS) is 1. The largest absolute Gasteiger partial charge is 1.00 e. The minimum absolute atomic E-state index is 0. The molecule has 0 unspecified atom stereocenters. The molecule has 1 aliphatic carbocycles. The van der Waals surface area contributed by atoms with Crippen LogP contribution in [0.2, 0.25) is 0 Å². The van der Waals surface area contributed by atoms with Crippen LogP contribution >= 0.6 is 30.7 Å². The maximum absolute atomic E-state index is 13.2. The van der Waals surface area contributed by atoms with Crippen LogP contribution in [-0.2, 0) is 77.7 Å². The van der Waals surface area contributed by atoms with Gasteiger partial charge in [-0.25, -0.2) is 53.1 Å². The quantitative estimate of drug-likeness (QED) is 0.0186. The monoisotopic (exact) mass is 1840 g/mol. The number of carbonyl (C=O) groups excluding carboxylic acids is 1. The van der Waals surface area contributed by atoms with Crippen molar-refractivity contribution in [2.24, 2.45) is 0 Å². The van der Waals surface area contributed by atoms with E-state index in [2.05, 4.69) is 25.4 Å². The summed E-state index contributed by atoms with van der Waals surface area (Å²) >= 11 is 3.20. The van der Waals surface area contributed by atoms with E-state index in [4.69, 9.17) is 45.7 Å². The smallest absolute Gasteiger partial charge is 1.00 e. The number of ether oxygens (including phenoxy) is 2. The molecule has 15 nitrogen and oxygen atoms in total. The molecule has 11 aromatic rings. The third-order valence-corrected chi connectivity index (χ3v) is 20.8. The topological polar surface area (TPSA) is 268 Å². The Labute approximate surface area is 758 Å². The molecular weight excluding hydrogens is 1750 g/mol. The normalized spacial score (nSPS) is 10.6. The van der Waals surface area contributed by atoms with Crippen molar-refractivity contribution in [3.8, 4) is 36.4 Å². The van der Waals surface area contributed by atoms with Gasteiger partial charge in [0, 0.05) is 36.8 Å². The van der Waals surface area contributed by atoms with Gasteiger partial charge in [-0.3, -0.25) is 9.36 Å². The van der Waals surface area contributed by atoms with Gasteiger partial charge in [0.1, 0.15) is 70.2 Å². The van der Waals surface area contributed by atoms with Crippen LogP contribution < -0.4 is 29.6 Å². The standard InChI is InChI=1S/C15H11F2N.C15H9F2N.C15H12F2O2.C15H10F2O.C10H11FNOP.C8H5BrFN.C8H6FN.C6H12NO3P.C4H10O2.Na.H/c2*16-14-6-2-11(3-7-14)1-4-12-5-8-15(17)9-13(12)10-18;16-12-6-2-10(3-7-12)1-4-11-5-8-13(17)9-14(11)15(18)19;16-11-5-3-9-1-2-10-4-6-12(17)8-14(10)15(18)13(9)7-11;1-14(2,13)7-8-3-4-10(11)5-9(8)6-12;9-4-6-1-2-8(10)3-7(6)5-11;1-6-2-3-8(9)4-7(6)5-10;1-3-9-11(8,6-5-7)10-4-2;1-5-3-4-6-2;;/h2-3,5-9H,1,4H2;1-9H;2-3,5-9H,1,4H2,(H,18,19);3-8H,1-2H2;3-5H,7H2,1-2H3;1-3H,4H2;2-4H,1H3;3-4,6H2,1-2H3;3-4H2,1-2H3;;/q;;;;;;;;;+1;-1/b;4-1+;;;;;;;;;. The second-order valence-electron chi connectivity index (χ2n) is 26.9. The molecule has 0 atom stereocenters. The summed E-state index contributed by atoms with van der Waals surface area (Å²) in [6.07, 6.45) is 7.32. The predicted octanol–water partition coefficient (Wildman–Crippen LogP) is 21.0. The van der Waals surface area contributed by atoms with E-state index in [0.717, 1.165) is 50.6 Å². The minimum atomic E-state index is -3.08. The summed E-state index contributed by atoms with van der Waals surface area (Å²) in [6, 6.07) is 62.3. The number of carbonyl (C=O) groups is 2. The van der Waals surface area contributed by atoms with Crippen LogP contribution in [-0.4, -0.2) is 77.0 Å². The predicted molar refractivity (Wildman–Crippen MR) is 462 cm³/mol. The number of halogens is 12. The van der Waals surface area contributed by atoms with Gasteiger partial charge in [0.05, 0.1) is 103 Å². The molecule has 0 bridgehead atoms. The fraction of sp³-hybridized carbons (Fsp3) is 0.208. The molecule has 11 aromatic carbocycles. The molecule has 30 heteroatoms. The van der Waals surface area contributed by atoms with Crippen molar-refractivity contribution in [3.63, 3.8) is 0 Å². The molecule has 0 radical (unpaired) electrons. The molecule has 0 saturated carbocycles. The average Bonchev–Trinajstić information content (AvgIpc) is 1.66. The summed E-state index contributed by atoms with van der Waals surface area (Å²) in [4.78, 5) is 23.3. The number of hydrogen-bond acceptors (Lipinski definition) is 14. The Morgan fingerprint density at radius 2 is 0.794 bits per heavy atom. The molecule has 126 heavy (non-hydrogen) atoms. The number of fused-ring (bicyclic) bond motifs is 2. The molecule has 0 saturated heterocycles. The van der Waals surface area contributed by atoms with Crippen molar-refractivity contribution in [1.82, 2.24) is 0 Å². The number of carboxylic acids is 1. The van der Waals surface area contributed by atoms with E-state index in [1.807, 2.05) is 30.3 Å². The maximum Gasteiger partial charge on any atom is 1.00 e. The third kappa shape index (κ3) is 40.0. The number of nitrogens with zero attached hydrogens (tertiary/aromatic N) is 6. The summed E-state index contributed by atoms with van der Waals surface area (Å²) in [5, 5.41) is 61.3. The number of ketones is 1. The van der Waals surface area contributed by atoms with Crippen LogP contribution in [0.3, 0.4) is 0 Å². The van der Waals surface area contributed by atoms with Crippen LogP contribution in [0.5, 0.6) is 0 Å². The average molecular weight is 1840 g/mol. The molecule has 12 rings (SSSR count). The number of hydrogen-bond donors (Lipinski definition) is 1. The van der Waals surface area contributed by atoms with E-state index in [1.54, 1.807) is 133 Å². The minimum Gasteiger partial charge on any atom is -1.00 e. The first-order valence-corrected chi connectivity index (χ1v) is 43.6. The van der Waals surface area contributed by atoms with E-state index < -0.39 is 55.6 Å². The first kappa shape index (κ1) is 108. The number of aryl methyl sites for hydroxylation is 7. The van der Waals surface area contributed by atoms with E-state index in [-0.39, 0.29) is 88.7 Å². The molecule has 0 aliphatic heterocycles. The van der Waals surface area contributed by atoms with Crippen molar-refractivity contribution >= 4 is 54.6 Å². The Morgan fingerprint density at radius 3 is 1.20 bits per heavy atom. The number of rotatable bonds is 20. The Bertz CT molecular complexity index is 5750. The number of methoxy groups -OCH3 is 2. The zero-order valence-corrected chi connectivity index (χ0v) is 75.3. The van der Waals surface area contributed by atoms with Crippen LogP contribution in [0.25, 0.3) is 12.2 Å². The summed E-state index contributed by atoms with van der Waals surface area (Å²) in [5.41, 5.74) is 11.0. The Balaban J connectivity index is 0.000000490. The number of aromatic carboxylic acids is 1. The molecular formula is C96H87BrF11N6NaO9P2. The molecule has 1 N–H and O–H groups in total. The molecule has 1 aliphatic rings. The van der Waals surface area contributed by atoms with Gasteiger partial charge >= 0.3 is 43.1 Å². The SMILES string of the molecule is CCOP(=O)(CC#N)OCC.COCCOC.CP(C)(=O)Cc1ccc(F)cc1C#N.Cc1ccc(F)cc1C#N.N#Cc1cc(F)ccc1/C=C/c1ccc(F)cc1.N#Cc1cc(F)ccc1CBr.N#Cc1cc(F)ccc1CCc1ccc(F)cc1.O=C(O)c1cc(F)ccc1CCc1ccc(F)cc1.O=C1c2cc(F)ccc2CCc2ccc(F)cc21.[H-].[Na+]. The second kappa shape index (κ2) is 57.7. The third-order valence-electron chi connectivity index (χ3n) is 17.3. The van der Waals surface area contributed by atoms with Gasteiger partial charge in [-0.1, -0.05) is 113 Å². The fourth-order valence-corrected chi connectivity index (χ4v) is 13.9. The van der Waals surface area contributed by atoms with Gasteiger partial charge < -0.3 is 29.6 Å². The van der Waals surface area contributed by atoms with Gasteiger partial charge in [-0.05, 0) is 267 Å². The first-order valence-electron chi connectivity index (χ1n) is 37.9. The number of benzene rings is 11. The first-order chi connectivity index (χ1) is 59.6. The van der Waals surface area contributed by atoms with Crippen molar-refractivity contribution in [3.05, 3.63) is 388 Å². The molecule has 0 aromatic heterocycles. The Hall–Kier alpha value is -11.8. The van der Waals surface area contributed by atoms with Crippen molar-refractivity contribution in [1.29, 1.82) is 31.6 Å². The van der Waals surface area contributed by atoms with Crippen molar-refractivity contribution < 1.29 is 122 Å². The number of alkyl halides is 1. The zero-order chi connectivity index (χ0) is 92.6. The van der Waals surface area contributed by atoms with E-state index in [1.165, 1.54) is 146 Å². The second-order valence-corrected chi connectivity index (χ2v) is 33.0. The van der Waals surface area contributed by atoms with Crippen molar-refractivity contribution in [2.45, 2.75) is 70.8 Å². The van der Waals surface area contributed by atoms with Gasteiger partial charge in [-0.15, -0.1) is 0 Å². The molecule has 0 fully saturated rings. The van der Waals surface area contributed by atoms with Crippen LogP contribution in [0.4, 0.5) is 48.3 Å². The van der Waals surface area contributed by atoms with E-state index in [0.29, 0.717) is 121 Å². The molecule has 0 heterocycles. The summed E-state index contributed by atoms with van der Waals surface area (Å²) in [6.45, 7) is 10.5. The Morgan fingerprint density at radius 1 is 0.444 bits per heavy atom. The van der Waals surface area contributed by atoms with Gasteiger partial charge in [0.15, 0.2) is 5.78 Å². The summed E-state index contributed by atoms with van der Waals surface area (Å²) in [5.74, 6) is -5.78. The van der Waals surface area contributed by atoms with Gasteiger partial charge in [0.25, 0.3) is 0 Å². The molecule has 0 spiro atoms. The molecule has 0 amide bonds. The number of nitriles is 6. The van der Waals surface area contributed by atoms with Crippen LogP contribution in [0, 0.1) is 139 Å². The van der Waals surface area contributed by atoms with Crippen LogP contribution in [0.1, 0.15) is 131 Å². The summed E-state index contributed by atoms with van der Waals surface area (Å²) < 4.78 is 183. The van der Waals surface area contributed by atoms with Gasteiger partial charge in [0.2, 0.25) is 0 Å².